The summed E-state index contributed by atoms with van der Waals surface area (Å²) in [4.78, 5) is 0. The molecule has 17 heavy (non-hydrogen) atoms. The molecule has 0 unspecified atom stereocenters. The van der Waals surface area contributed by atoms with Gasteiger partial charge in [-0.3, -0.25) is 0 Å². The number of nitrogens with zero attached hydrogens (tertiary/aromatic N) is 4. The smallest absolute Gasteiger partial charge is 0.161 e. The van der Waals surface area contributed by atoms with Gasteiger partial charge in [-0.15, -0.1) is 5.10 Å². The SMILES string of the molecule is CCCCCCn1nnc(CC(C)C)c1C#N. The molecule has 0 aromatic carbocycles. The van der Waals surface area contributed by atoms with Crippen molar-refractivity contribution >= 4 is 0 Å². The van der Waals surface area contributed by atoms with Gasteiger partial charge in [-0.2, -0.15) is 5.26 Å². The van der Waals surface area contributed by atoms with E-state index < -0.39 is 0 Å². The first-order chi connectivity index (χ1) is 8.19. The van der Waals surface area contributed by atoms with Gasteiger partial charge in [0.1, 0.15) is 11.8 Å². The molecule has 0 aliphatic heterocycles. The lowest BCUT2D eigenvalue weighted by atomic mass is 10.1. The molecule has 4 heteroatoms. The number of aryl methyl sites for hydroxylation is 1. The fourth-order valence-electron chi connectivity index (χ4n) is 1.84. The second-order valence-electron chi connectivity index (χ2n) is 4.88. The highest BCUT2D eigenvalue weighted by atomic mass is 15.4. The van der Waals surface area contributed by atoms with E-state index in [4.69, 9.17) is 5.26 Å². The average molecular weight is 234 g/mol. The first kappa shape index (κ1) is 13.7. The molecule has 94 valence electrons. The standard InChI is InChI=1S/C13H22N4/c1-4-5-6-7-8-17-13(10-14)12(15-16-17)9-11(2)3/h11H,4-9H2,1-3H3. The van der Waals surface area contributed by atoms with Crippen molar-refractivity contribution in [1.29, 1.82) is 5.26 Å². The van der Waals surface area contributed by atoms with Crippen LogP contribution < -0.4 is 0 Å². The number of aromatic nitrogens is 3. The van der Waals surface area contributed by atoms with Gasteiger partial charge >= 0.3 is 0 Å². The summed E-state index contributed by atoms with van der Waals surface area (Å²) in [7, 11) is 0. The highest BCUT2D eigenvalue weighted by Gasteiger charge is 2.13. The molecule has 1 heterocycles. The van der Waals surface area contributed by atoms with Crippen LogP contribution in [0.5, 0.6) is 0 Å². The Balaban J connectivity index is 2.60. The van der Waals surface area contributed by atoms with Crippen molar-refractivity contribution in [2.24, 2.45) is 5.92 Å². The first-order valence-corrected chi connectivity index (χ1v) is 6.51. The Hall–Kier alpha value is -1.37. The monoisotopic (exact) mass is 234 g/mol. The number of rotatable bonds is 7. The van der Waals surface area contributed by atoms with E-state index in [1.807, 2.05) is 0 Å². The Labute approximate surface area is 104 Å². The van der Waals surface area contributed by atoms with Crippen molar-refractivity contribution in [3.63, 3.8) is 0 Å². The predicted octanol–water partition coefficient (Wildman–Crippen LogP) is 2.93. The van der Waals surface area contributed by atoms with Crippen LogP contribution in [-0.2, 0) is 13.0 Å². The zero-order chi connectivity index (χ0) is 12.7. The molecular weight excluding hydrogens is 212 g/mol. The largest absolute Gasteiger partial charge is 0.234 e. The van der Waals surface area contributed by atoms with Gasteiger partial charge in [0.2, 0.25) is 0 Å². The highest BCUT2D eigenvalue weighted by Crippen LogP contribution is 2.11. The molecule has 1 aromatic heterocycles. The van der Waals surface area contributed by atoms with Crippen molar-refractivity contribution < 1.29 is 0 Å². The molecule has 0 amide bonds. The molecule has 0 aliphatic carbocycles. The number of hydrogen-bond acceptors (Lipinski definition) is 3. The van der Waals surface area contributed by atoms with Crippen LogP contribution in [0.3, 0.4) is 0 Å². The molecule has 0 saturated heterocycles. The fourth-order valence-corrected chi connectivity index (χ4v) is 1.84. The van der Waals surface area contributed by atoms with E-state index in [2.05, 4.69) is 37.2 Å². The Kier molecular flexibility index (Phi) is 5.68. The normalized spacial score (nSPS) is 10.8. The van der Waals surface area contributed by atoms with Crippen molar-refractivity contribution in [3.05, 3.63) is 11.4 Å². The van der Waals surface area contributed by atoms with Crippen LogP contribution in [0.4, 0.5) is 0 Å². The summed E-state index contributed by atoms with van der Waals surface area (Å²) in [5.74, 6) is 0.507. The van der Waals surface area contributed by atoms with E-state index >= 15 is 0 Å². The summed E-state index contributed by atoms with van der Waals surface area (Å²) in [5, 5.41) is 17.4. The van der Waals surface area contributed by atoms with Gasteiger partial charge in [0, 0.05) is 6.54 Å². The topological polar surface area (TPSA) is 54.5 Å². The number of unbranched alkanes of at least 4 members (excludes halogenated alkanes) is 3. The molecule has 1 aromatic rings. The lowest BCUT2D eigenvalue weighted by molar-refractivity contribution is 0.524. The van der Waals surface area contributed by atoms with Crippen molar-refractivity contribution in [2.75, 3.05) is 0 Å². The molecule has 0 aliphatic rings. The van der Waals surface area contributed by atoms with Gasteiger partial charge in [0.25, 0.3) is 0 Å². The van der Waals surface area contributed by atoms with E-state index in [1.54, 1.807) is 4.68 Å². The Bertz CT molecular complexity index is 373. The quantitative estimate of drug-likeness (QED) is 0.682. The molecule has 0 saturated carbocycles. The molecule has 0 radical (unpaired) electrons. The van der Waals surface area contributed by atoms with Crippen LogP contribution in [0.2, 0.25) is 0 Å². The summed E-state index contributed by atoms with van der Waals surface area (Å²) >= 11 is 0. The summed E-state index contributed by atoms with van der Waals surface area (Å²) < 4.78 is 1.76. The summed E-state index contributed by atoms with van der Waals surface area (Å²) in [6, 6.07) is 2.23. The van der Waals surface area contributed by atoms with Gasteiger partial charge in [0.05, 0.1) is 0 Å². The maximum atomic E-state index is 9.15. The van der Waals surface area contributed by atoms with Gasteiger partial charge in [-0.1, -0.05) is 45.2 Å². The number of nitriles is 1. The van der Waals surface area contributed by atoms with Crippen LogP contribution in [-0.4, -0.2) is 15.0 Å². The van der Waals surface area contributed by atoms with Crippen LogP contribution in [0.25, 0.3) is 0 Å². The van der Waals surface area contributed by atoms with E-state index in [0.717, 1.165) is 25.1 Å². The van der Waals surface area contributed by atoms with Crippen LogP contribution in [0.1, 0.15) is 57.8 Å². The second kappa shape index (κ2) is 7.05. The Morgan fingerprint density at radius 3 is 2.65 bits per heavy atom. The Morgan fingerprint density at radius 2 is 2.06 bits per heavy atom. The molecule has 0 bridgehead atoms. The zero-order valence-corrected chi connectivity index (χ0v) is 11.1. The minimum atomic E-state index is 0.507. The Morgan fingerprint density at radius 1 is 1.29 bits per heavy atom. The van der Waals surface area contributed by atoms with Crippen LogP contribution >= 0.6 is 0 Å². The molecular formula is C13H22N4. The predicted molar refractivity (Wildman–Crippen MR) is 67.4 cm³/mol. The lowest BCUT2D eigenvalue weighted by Crippen LogP contribution is -2.04. The molecule has 0 spiro atoms. The second-order valence-corrected chi connectivity index (χ2v) is 4.88. The molecule has 0 atom stereocenters. The third-order valence-corrected chi connectivity index (χ3v) is 2.74. The zero-order valence-electron chi connectivity index (χ0n) is 11.1. The maximum absolute atomic E-state index is 9.15. The highest BCUT2D eigenvalue weighted by molar-refractivity contribution is 5.25. The van der Waals surface area contributed by atoms with Gasteiger partial charge < -0.3 is 0 Å². The lowest BCUT2D eigenvalue weighted by Gasteiger charge is -2.03. The van der Waals surface area contributed by atoms with Crippen LogP contribution in [0, 0.1) is 17.2 Å². The minimum Gasteiger partial charge on any atom is -0.234 e. The molecule has 4 nitrogen and oxygen atoms in total. The third-order valence-electron chi connectivity index (χ3n) is 2.74. The maximum Gasteiger partial charge on any atom is 0.161 e. The summed E-state index contributed by atoms with van der Waals surface area (Å²) in [5.41, 5.74) is 1.49. The van der Waals surface area contributed by atoms with Gasteiger partial charge in [0.15, 0.2) is 5.69 Å². The van der Waals surface area contributed by atoms with E-state index in [-0.39, 0.29) is 0 Å². The van der Waals surface area contributed by atoms with Crippen molar-refractivity contribution in [2.45, 2.75) is 59.4 Å². The average Bonchev–Trinajstić information content (AvgIpc) is 2.66. The molecule has 0 fully saturated rings. The van der Waals surface area contributed by atoms with E-state index in [0.29, 0.717) is 11.6 Å². The van der Waals surface area contributed by atoms with Crippen LogP contribution in [0.15, 0.2) is 0 Å². The summed E-state index contributed by atoms with van der Waals surface area (Å²) in [6.45, 7) is 7.26. The molecule has 0 N–H and O–H groups in total. The van der Waals surface area contributed by atoms with E-state index in [1.165, 1.54) is 19.3 Å². The minimum absolute atomic E-state index is 0.507. The fraction of sp³-hybridized carbons (Fsp3) is 0.769. The van der Waals surface area contributed by atoms with Crippen molar-refractivity contribution in [3.8, 4) is 6.07 Å². The van der Waals surface area contributed by atoms with Gasteiger partial charge in [-0.25, -0.2) is 4.68 Å². The summed E-state index contributed by atoms with van der Waals surface area (Å²) in [6.07, 6.45) is 5.57. The molecule has 1 rings (SSSR count). The number of hydrogen-bond donors (Lipinski definition) is 0. The first-order valence-electron chi connectivity index (χ1n) is 6.51. The van der Waals surface area contributed by atoms with Gasteiger partial charge in [-0.05, 0) is 18.8 Å². The van der Waals surface area contributed by atoms with E-state index in [9.17, 15) is 0 Å². The third kappa shape index (κ3) is 4.18. The van der Waals surface area contributed by atoms with Crippen molar-refractivity contribution in [1.82, 2.24) is 15.0 Å².